The summed E-state index contributed by atoms with van der Waals surface area (Å²) in [5, 5.41) is 27.2. The van der Waals surface area contributed by atoms with Crippen molar-refractivity contribution in [3.63, 3.8) is 0 Å². The van der Waals surface area contributed by atoms with E-state index in [2.05, 4.69) is 30.4 Å². The van der Waals surface area contributed by atoms with E-state index in [1.54, 1.807) is 12.1 Å². The lowest BCUT2D eigenvalue weighted by atomic mass is 9.47. The van der Waals surface area contributed by atoms with E-state index in [-0.39, 0.29) is 35.2 Å². The van der Waals surface area contributed by atoms with Crippen LogP contribution in [0.4, 0.5) is 0 Å². The van der Waals surface area contributed by atoms with Crippen molar-refractivity contribution in [2.45, 2.75) is 77.7 Å². The van der Waals surface area contributed by atoms with Crippen LogP contribution in [0.3, 0.4) is 0 Å². The highest BCUT2D eigenvalue weighted by Gasteiger charge is 2.58. The first-order valence-electron chi connectivity index (χ1n) is 13.4. The summed E-state index contributed by atoms with van der Waals surface area (Å²) in [5.41, 5.74) is 3.86. The van der Waals surface area contributed by atoms with Crippen molar-refractivity contribution < 1.29 is 19.8 Å². The minimum atomic E-state index is -0.175. The molecule has 190 valence electrons. The molecule has 5 rings (SSSR count). The predicted molar refractivity (Wildman–Crippen MR) is 136 cm³/mol. The van der Waals surface area contributed by atoms with Crippen molar-refractivity contribution in [2.75, 3.05) is 13.2 Å². The molecule has 0 aromatic heterocycles. The molecule has 4 aliphatic carbocycles. The average molecular weight is 481 g/mol. The van der Waals surface area contributed by atoms with Crippen LogP contribution in [-0.4, -0.2) is 41.1 Å². The second kappa shape index (κ2) is 9.61. The molecule has 6 heteroatoms. The fourth-order valence-corrected chi connectivity index (χ4v) is 7.85. The predicted octanol–water partition coefficient (Wildman–Crippen LogP) is 4.75. The van der Waals surface area contributed by atoms with Crippen LogP contribution in [0, 0.1) is 28.6 Å². The maximum absolute atomic E-state index is 12.1. The Kier molecular flexibility index (Phi) is 6.69. The van der Waals surface area contributed by atoms with Gasteiger partial charge in [-0.05, 0) is 110 Å². The van der Waals surface area contributed by atoms with Gasteiger partial charge in [-0.3, -0.25) is 4.79 Å². The number of aromatic hydroxyl groups is 1. The van der Waals surface area contributed by atoms with Crippen molar-refractivity contribution in [3.8, 4) is 5.75 Å². The molecule has 6 atom stereocenters. The Bertz CT molecular complexity index is 1000. The standard InChI is InChI=1S/C29H40N2O4/c1-28-14-11-21(31-35-18-27(34)30-16-13-19-3-6-22(32)7-4-19)17-20(28)5-8-23-24-9-10-26(33)29(24,2)15-12-25(23)28/h3-4,6-7,17,23-26,32-33H,5,8-16,18H2,1-2H3,(H,30,34). The number of nitrogens with one attached hydrogen (secondary N) is 1. The largest absolute Gasteiger partial charge is 0.508 e. The molecule has 0 bridgehead atoms. The first kappa shape index (κ1) is 24.4. The van der Waals surface area contributed by atoms with Gasteiger partial charge in [0.2, 0.25) is 0 Å². The molecule has 6 nitrogen and oxygen atoms in total. The number of phenols is 1. The van der Waals surface area contributed by atoms with E-state index >= 15 is 0 Å². The quantitative estimate of drug-likeness (QED) is 0.513. The summed E-state index contributed by atoms with van der Waals surface area (Å²) in [6.07, 6.45) is 11.7. The summed E-state index contributed by atoms with van der Waals surface area (Å²) >= 11 is 0. The number of phenolic OH excluding ortho intramolecular Hbond substituents is 1. The molecule has 0 spiro atoms. The number of nitrogens with zero attached hydrogens (tertiary/aromatic N) is 1. The molecule has 35 heavy (non-hydrogen) atoms. The van der Waals surface area contributed by atoms with Gasteiger partial charge in [0.05, 0.1) is 11.8 Å². The van der Waals surface area contributed by atoms with Crippen molar-refractivity contribution >= 4 is 11.6 Å². The SMILES string of the molecule is CC12CCC(=NOCC(=O)NCCc3ccc(O)cc3)C=C1CCC1C2CCC2(C)C(O)CCC12. The lowest BCUT2D eigenvalue weighted by Gasteiger charge is -2.57. The zero-order valence-corrected chi connectivity index (χ0v) is 21.1. The number of allylic oxidation sites excluding steroid dienone is 2. The molecule has 6 unspecified atom stereocenters. The highest BCUT2D eigenvalue weighted by atomic mass is 16.6. The molecule has 3 saturated carbocycles. The molecule has 0 saturated heterocycles. The number of hydrogen-bond acceptors (Lipinski definition) is 5. The summed E-state index contributed by atoms with van der Waals surface area (Å²) in [6, 6.07) is 7.00. The highest BCUT2D eigenvalue weighted by molar-refractivity contribution is 5.96. The number of rotatable bonds is 6. The third kappa shape index (κ3) is 4.62. The van der Waals surface area contributed by atoms with Crippen molar-refractivity contribution in [1.29, 1.82) is 0 Å². The number of fused-ring (bicyclic) bond motifs is 5. The lowest BCUT2D eigenvalue weighted by molar-refractivity contribution is -0.125. The normalized spacial score (nSPS) is 37.1. The number of hydrogen-bond donors (Lipinski definition) is 3. The molecule has 0 radical (unpaired) electrons. The summed E-state index contributed by atoms with van der Waals surface area (Å²) in [7, 11) is 0. The van der Waals surface area contributed by atoms with Gasteiger partial charge in [0, 0.05) is 6.54 Å². The lowest BCUT2D eigenvalue weighted by Crippen LogP contribution is -2.51. The zero-order valence-electron chi connectivity index (χ0n) is 21.1. The monoisotopic (exact) mass is 480 g/mol. The molecule has 3 N–H and O–H groups in total. The van der Waals surface area contributed by atoms with Crippen LogP contribution in [0.2, 0.25) is 0 Å². The third-order valence-electron chi connectivity index (χ3n) is 9.98. The van der Waals surface area contributed by atoms with Crippen LogP contribution in [0.15, 0.2) is 41.1 Å². The number of carbonyl (C=O) groups is 1. The fourth-order valence-electron chi connectivity index (χ4n) is 7.85. The first-order chi connectivity index (χ1) is 16.8. The molecule has 0 heterocycles. The average Bonchev–Trinajstić information content (AvgIpc) is 3.15. The van der Waals surface area contributed by atoms with E-state index in [4.69, 9.17) is 4.84 Å². The summed E-state index contributed by atoms with van der Waals surface area (Å²) in [5.74, 6) is 2.17. The van der Waals surface area contributed by atoms with Crippen molar-refractivity contribution in [1.82, 2.24) is 5.32 Å². The van der Waals surface area contributed by atoms with Gasteiger partial charge in [-0.1, -0.05) is 36.7 Å². The van der Waals surface area contributed by atoms with Gasteiger partial charge in [-0.15, -0.1) is 0 Å². The molecular formula is C29H40N2O4. The summed E-state index contributed by atoms with van der Waals surface area (Å²) in [4.78, 5) is 17.6. The topological polar surface area (TPSA) is 91.2 Å². The van der Waals surface area contributed by atoms with Crippen molar-refractivity contribution in [2.24, 2.45) is 33.7 Å². The van der Waals surface area contributed by atoms with Gasteiger partial charge in [0.15, 0.2) is 6.61 Å². The van der Waals surface area contributed by atoms with Crippen LogP contribution in [0.1, 0.15) is 70.8 Å². The Morgan fingerprint density at radius 3 is 2.69 bits per heavy atom. The summed E-state index contributed by atoms with van der Waals surface area (Å²) in [6.45, 7) is 5.24. The molecular weight excluding hydrogens is 440 g/mol. The van der Waals surface area contributed by atoms with E-state index in [0.717, 1.165) is 49.3 Å². The van der Waals surface area contributed by atoms with Crippen molar-refractivity contribution in [3.05, 3.63) is 41.5 Å². The van der Waals surface area contributed by atoms with Gasteiger partial charge in [0.1, 0.15) is 5.75 Å². The van der Waals surface area contributed by atoms with Gasteiger partial charge < -0.3 is 20.4 Å². The van der Waals surface area contributed by atoms with Crippen LogP contribution in [0.5, 0.6) is 5.75 Å². The first-order valence-corrected chi connectivity index (χ1v) is 13.4. The Balaban J connectivity index is 1.14. The third-order valence-corrected chi connectivity index (χ3v) is 9.98. The van der Waals surface area contributed by atoms with Crippen LogP contribution >= 0.6 is 0 Å². The maximum atomic E-state index is 12.1. The van der Waals surface area contributed by atoms with E-state index in [1.807, 2.05) is 12.1 Å². The van der Waals surface area contributed by atoms with Crippen LogP contribution < -0.4 is 5.32 Å². The number of aliphatic hydroxyl groups is 1. The van der Waals surface area contributed by atoms with E-state index in [0.29, 0.717) is 24.8 Å². The Hall–Kier alpha value is -2.34. The van der Waals surface area contributed by atoms with E-state index in [1.165, 1.54) is 24.8 Å². The highest BCUT2D eigenvalue weighted by Crippen LogP contribution is 2.65. The molecule has 3 fully saturated rings. The number of oxime groups is 1. The minimum absolute atomic E-state index is 0.0766. The Morgan fingerprint density at radius 2 is 1.89 bits per heavy atom. The number of carbonyl (C=O) groups excluding carboxylic acids is 1. The van der Waals surface area contributed by atoms with E-state index < -0.39 is 0 Å². The molecule has 1 aromatic rings. The number of aliphatic hydroxyl groups excluding tert-OH is 1. The Labute approximate surface area is 208 Å². The van der Waals surface area contributed by atoms with Crippen LogP contribution in [-0.2, 0) is 16.1 Å². The van der Waals surface area contributed by atoms with E-state index in [9.17, 15) is 15.0 Å². The molecule has 1 aromatic carbocycles. The zero-order chi connectivity index (χ0) is 24.6. The molecule has 1 amide bonds. The molecule has 0 aliphatic heterocycles. The fraction of sp³-hybridized carbons (Fsp3) is 0.655. The van der Waals surface area contributed by atoms with Gasteiger partial charge >= 0.3 is 0 Å². The maximum Gasteiger partial charge on any atom is 0.260 e. The van der Waals surface area contributed by atoms with Crippen LogP contribution in [0.25, 0.3) is 0 Å². The van der Waals surface area contributed by atoms with Gasteiger partial charge in [-0.25, -0.2) is 0 Å². The Morgan fingerprint density at radius 1 is 1.09 bits per heavy atom. The molecule has 4 aliphatic rings. The van der Waals surface area contributed by atoms with Gasteiger partial charge in [-0.2, -0.15) is 0 Å². The van der Waals surface area contributed by atoms with Gasteiger partial charge in [0.25, 0.3) is 5.91 Å². The smallest absolute Gasteiger partial charge is 0.260 e. The minimum Gasteiger partial charge on any atom is -0.508 e. The second-order valence-corrected chi connectivity index (χ2v) is 11.8. The number of amides is 1. The number of benzene rings is 1. The second-order valence-electron chi connectivity index (χ2n) is 11.8. The summed E-state index contributed by atoms with van der Waals surface area (Å²) < 4.78 is 0.